The average Bonchev–Trinajstić information content (AvgIpc) is 2.69. The van der Waals surface area contributed by atoms with Crippen molar-refractivity contribution in [3.05, 3.63) is 11.4 Å². The Morgan fingerprint density at radius 3 is 2.88 bits per heavy atom. The molecule has 0 atom stereocenters. The van der Waals surface area contributed by atoms with Crippen LogP contribution >= 0.6 is 11.6 Å². The Hall–Kier alpha value is -1.14. The molecule has 1 rings (SSSR count). The highest BCUT2D eigenvalue weighted by Gasteiger charge is 2.19. The third-order valence-corrected chi connectivity index (χ3v) is 2.19. The minimum atomic E-state index is -0.498. The monoisotopic (exact) mass is 247 g/mol. The van der Waals surface area contributed by atoms with Crippen LogP contribution in [0.5, 0.6) is 0 Å². The van der Waals surface area contributed by atoms with Crippen LogP contribution in [0.4, 0.5) is 0 Å². The topological polar surface area (TPSA) is 66.2 Å². The van der Waals surface area contributed by atoms with Crippen molar-refractivity contribution in [2.24, 2.45) is 0 Å². The van der Waals surface area contributed by atoms with Gasteiger partial charge in [0.15, 0.2) is 5.69 Å². The minimum absolute atomic E-state index is 0.158. The van der Waals surface area contributed by atoms with Gasteiger partial charge in [0.25, 0.3) is 0 Å². The standard InChI is InChI=1S/C9H14ClN3O3/c1-3-16-9(14)8-7(6-10)13(12-11-8)4-5-15-2/h3-6H2,1-2H3. The fourth-order valence-corrected chi connectivity index (χ4v) is 1.44. The lowest BCUT2D eigenvalue weighted by atomic mass is 10.3. The van der Waals surface area contributed by atoms with Crippen molar-refractivity contribution in [1.82, 2.24) is 15.0 Å². The van der Waals surface area contributed by atoms with Crippen LogP contribution in [0.2, 0.25) is 0 Å². The van der Waals surface area contributed by atoms with Gasteiger partial charge in [0, 0.05) is 7.11 Å². The van der Waals surface area contributed by atoms with Crippen molar-refractivity contribution < 1.29 is 14.3 Å². The number of hydrogen-bond donors (Lipinski definition) is 0. The van der Waals surface area contributed by atoms with Gasteiger partial charge in [0.2, 0.25) is 0 Å². The van der Waals surface area contributed by atoms with E-state index in [2.05, 4.69) is 10.3 Å². The van der Waals surface area contributed by atoms with E-state index in [0.717, 1.165) is 0 Å². The van der Waals surface area contributed by atoms with E-state index in [4.69, 9.17) is 21.1 Å². The molecule has 90 valence electrons. The fraction of sp³-hybridized carbons (Fsp3) is 0.667. The molecule has 0 saturated carbocycles. The molecule has 1 aromatic heterocycles. The number of alkyl halides is 1. The summed E-state index contributed by atoms with van der Waals surface area (Å²) in [7, 11) is 1.59. The molecule has 0 aliphatic carbocycles. The first-order valence-corrected chi connectivity index (χ1v) is 5.42. The number of carbonyl (C=O) groups excluding carboxylic acids is 1. The summed E-state index contributed by atoms with van der Waals surface area (Å²) in [6.07, 6.45) is 0. The van der Waals surface area contributed by atoms with Crippen LogP contribution in [0.15, 0.2) is 0 Å². The molecule has 0 fully saturated rings. The second-order valence-electron chi connectivity index (χ2n) is 2.95. The van der Waals surface area contributed by atoms with Crippen molar-refractivity contribution in [3.8, 4) is 0 Å². The number of methoxy groups -OCH3 is 1. The summed E-state index contributed by atoms with van der Waals surface area (Å²) in [5.74, 6) is -0.341. The summed E-state index contributed by atoms with van der Waals surface area (Å²) in [5, 5.41) is 7.59. The summed E-state index contributed by atoms with van der Waals surface area (Å²) >= 11 is 5.75. The molecule has 0 bridgehead atoms. The van der Waals surface area contributed by atoms with E-state index in [0.29, 0.717) is 25.5 Å². The first-order chi connectivity index (χ1) is 7.74. The largest absolute Gasteiger partial charge is 0.461 e. The van der Waals surface area contributed by atoms with E-state index in [1.54, 1.807) is 18.7 Å². The second-order valence-corrected chi connectivity index (χ2v) is 3.22. The third-order valence-electron chi connectivity index (χ3n) is 1.94. The number of nitrogens with zero attached hydrogens (tertiary/aromatic N) is 3. The molecule has 6 nitrogen and oxygen atoms in total. The number of halogens is 1. The molecule has 0 N–H and O–H groups in total. The lowest BCUT2D eigenvalue weighted by Crippen LogP contribution is -2.12. The number of carbonyl (C=O) groups is 1. The van der Waals surface area contributed by atoms with Crippen molar-refractivity contribution in [3.63, 3.8) is 0 Å². The van der Waals surface area contributed by atoms with Crippen LogP contribution in [0.25, 0.3) is 0 Å². The molecule has 0 spiro atoms. The van der Waals surface area contributed by atoms with E-state index in [1.807, 2.05) is 0 Å². The lowest BCUT2D eigenvalue weighted by molar-refractivity contribution is 0.0518. The third kappa shape index (κ3) is 2.93. The van der Waals surface area contributed by atoms with Crippen molar-refractivity contribution in [1.29, 1.82) is 0 Å². The highest BCUT2D eigenvalue weighted by Crippen LogP contribution is 2.10. The Bertz CT molecular complexity index is 354. The number of esters is 1. The van der Waals surface area contributed by atoms with E-state index in [1.165, 1.54) is 0 Å². The normalized spacial score (nSPS) is 10.4. The van der Waals surface area contributed by atoms with Gasteiger partial charge in [0.05, 0.1) is 31.3 Å². The zero-order valence-corrected chi connectivity index (χ0v) is 10.0. The van der Waals surface area contributed by atoms with Crippen molar-refractivity contribution in [2.45, 2.75) is 19.3 Å². The minimum Gasteiger partial charge on any atom is -0.461 e. The summed E-state index contributed by atoms with van der Waals surface area (Å²) in [4.78, 5) is 11.5. The molecular weight excluding hydrogens is 234 g/mol. The van der Waals surface area contributed by atoms with Gasteiger partial charge in [-0.05, 0) is 6.92 Å². The smallest absolute Gasteiger partial charge is 0.360 e. The van der Waals surface area contributed by atoms with Gasteiger partial charge in [-0.3, -0.25) is 0 Å². The molecule has 7 heteroatoms. The lowest BCUT2D eigenvalue weighted by Gasteiger charge is -2.04. The Labute approximate surface area is 98.5 Å². The van der Waals surface area contributed by atoms with Gasteiger partial charge in [0.1, 0.15) is 0 Å². The molecule has 16 heavy (non-hydrogen) atoms. The number of aromatic nitrogens is 3. The summed E-state index contributed by atoms with van der Waals surface area (Å²) in [6, 6.07) is 0. The Balaban J connectivity index is 2.85. The Kier molecular flexibility index (Phi) is 5.21. The maximum Gasteiger partial charge on any atom is 0.360 e. The quantitative estimate of drug-likeness (QED) is 0.551. The first kappa shape index (κ1) is 12.9. The molecule has 1 aromatic rings. The van der Waals surface area contributed by atoms with E-state index < -0.39 is 5.97 Å². The first-order valence-electron chi connectivity index (χ1n) is 4.89. The average molecular weight is 248 g/mol. The van der Waals surface area contributed by atoms with Gasteiger partial charge in [-0.1, -0.05) is 5.21 Å². The molecule has 0 aromatic carbocycles. The highest BCUT2D eigenvalue weighted by molar-refractivity contribution is 6.17. The highest BCUT2D eigenvalue weighted by atomic mass is 35.5. The van der Waals surface area contributed by atoms with Gasteiger partial charge < -0.3 is 9.47 Å². The molecule has 0 saturated heterocycles. The van der Waals surface area contributed by atoms with Gasteiger partial charge >= 0.3 is 5.97 Å². The van der Waals surface area contributed by atoms with Crippen LogP contribution in [-0.4, -0.2) is 41.3 Å². The van der Waals surface area contributed by atoms with Crippen molar-refractivity contribution >= 4 is 17.6 Å². The van der Waals surface area contributed by atoms with Crippen LogP contribution < -0.4 is 0 Å². The van der Waals surface area contributed by atoms with E-state index >= 15 is 0 Å². The molecule has 0 aliphatic rings. The maximum absolute atomic E-state index is 11.5. The predicted molar refractivity (Wildman–Crippen MR) is 57.4 cm³/mol. The number of ether oxygens (including phenoxy) is 2. The Morgan fingerprint density at radius 1 is 1.56 bits per heavy atom. The maximum atomic E-state index is 11.5. The van der Waals surface area contributed by atoms with Crippen LogP contribution in [-0.2, 0) is 21.9 Å². The van der Waals surface area contributed by atoms with Gasteiger partial charge in [-0.2, -0.15) is 0 Å². The summed E-state index contributed by atoms with van der Waals surface area (Å²) < 4.78 is 11.3. The summed E-state index contributed by atoms with van der Waals surface area (Å²) in [6.45, 7) is 3.01. The number of hydrogen-bond acceptors (Lipinski definition) is 5. The van der Waals surface area contributed by atoms with Crippen LogP contribution in [0.1, 0.15) is 23.1 Å². The van der Waals surface area contributed by atoms with Crippen molar-refractivity contribution in [2.75, 3.05) is 20.3 Å². The van der Waals surface area contributed by atoms with Gasteiger partial charge in [-0.25, -0.2) is 9.48 Å². The molecule has 0 unspecified atom stereocenters. The Morgan fingerprint density at radius 2 is 2.31 bits per heavy atom. The fourth-order valence-electron chi connectivity index (χ4n) is 1.18. The zero-order chi connectivity index (χ0) is 12.0. The SMILES string of the molecule is CCOC(=O)c1nnn(CCOC)c1CCl. The molecular formula is C9H14ClN3O3. The second kappa shape index (κ2) is 6.44. The number of rotatable bonds is 6. The predicted octanol–water partition coefficient (Wildman–Crippen LogP) is 0.840. The zero-order valence-electron chi connectivity index (χ0n) is 9.27. The van der Waals surface area contributed by atoms with Crippen LogP contribution in [0.3, 0.4) is 0 Å². The van der Waals surface area contributed by atoms with E-state index in [-0.39, 0.29) is 11.6 Å². The molecule has 1 heterocycles. The molecule has 0 aliphatic heterocycles. The molecule has 0 radical (unpaired) electrons. The van der Waals surface area contributed by atoms with Crippen LogP contribution in [0, 0.1) is 0 Å². The van der Waals surface area contributed by atoms with Gasteiger partial charge in [-0.15, -0.1) is 16.7 Å². The molecule has 0 amide bonds. The van der Waals surface area contributed by atoms with E-state index in [9.17, 15) is 4.79 Å². The summed E-state index contributed by atoms with van der Waals surface area (Å²) in [5.41, 5.74) is 0.727.